The van der Waals surface area contributed by atoms with Crippen molar-refractivity contribution in [1.29, 1.82) is 0 Å². The van der Waals surface area contributed by atoms with Crippen LogP contribution in [0.2, 0.25) is 0 Å². The topological polar surface area (TPSA) is 556 Å². The largest absolute Gasteiger partial charge is 0.481 e. The molecule has 19 N–H and O–H groups in total. The Morgan fingerprint density at radius 1 is 0.472 bits per heavy atom. The van der Waals surface area contributed by atoms with Crippen LogP contribution in [0.15, 0.2) is 0 Å². The van der Waals surface area contributed by atoms with Crippen molar-refractivity contribution in [3.63, 3.8) is 0 Å². The van der Waals surface area contributed by atoms with Crippen LogP contribution in [-0.2, 0) is 76.7 Å². The van der Waals surface area contributed by atoms with Gasteiger partial charge < -0.3 is 99.8 Å². The number of hydrogen-bond acceptors (Lipinski definition) is 19. The van der Waals surface area contributed by atoms with Crippen LogP contribution in [-0.4, -0.2) is 230 Å². The first kappa shape index (κ1) is 78.4. The monoisotopic (exact) mass is 1270 g/mol. The summed E-state index contributed by atoms with van der Waals surface area (Å²) in [6, 6.07) is -15.3. The molecule has 35 heteroatoms. The molecule has 11 atom stereocenters. The molecule has 0 aliphatic carbocycles. The van der Waals surface area contributed by atoms with Gasteiger partial charge in [-0.3, -0.25) is 71.9 Å². The maximum absolute atomic E-state index is 14.2. The minimum atomic E-state index is -1.79. The number of carbonyl (C=O) groups excluding carboxylic acids is 12. The minimum Gasteiger partial charge on any atom is -0.481 e. The number of nitrogens with one attached hydrogen (secondary N) is 11. The molecule has 1 heterocycles. The molecule has 0 unspecified atom stereocenters. The fraction of sp³-hybridized carbons (Fsp3) is 0.704. The van der Waals surface area contributed by atoms with Crippen LogP contribution in [0.1, 0.15) is 120 Å². The van der Waals surface area contributed by atoms with Crippen molar-refractivity contribution in [3.8, 4) is 0 Å². The van der Waals surface area contributed by atoms with Crippen LogP contribution in [0.5, 0.6) is 0 Å². The van der Waals surface area contributed by atoms with Crippen LogP contribution in [0, 0.1) is 23.7 Å². The number of aliphatic hydroxyl groups is 2. The van der Waals surface area contributed by atoms with E-state index in [2.05, 4.69) is 53.2 Å². The second-order valence-corrected chi connectivity index (χ2v) is 22.8. The van der Waals surface area contributed by atoms with Gasteiger partial charge in [-0.25, -0.2) is 4.79 Å². The number of rotatable bonds is 40. The Morgan fingerprint density at radius 3 is 1.39 bits per heavy atom. The number of nitrogens with two attached hydrogens (primary N) is 1. The van der Waals surface area contributed by atoms with Gasteiger partial charge in [0.25, 0.3) is 0 Å². The zero-order valence-electron chi connectivity index (χ0n) is 51.3. The van der Waals surface area contributed by atoms with Crippen molar-refractivity contribution in [2.45, 2.75) is 187 Å². The highest BCUT2D eigenvalue weighted by Gasteiger charge is 2.41. The van der Waals surface area contributed by atoms with Crippen LogP contribution in [0.25, 0.3) is 0 Å². The van der Waals surface area contributed by atoms with Crippen LogP contribution < -0.4 is 64.2 Å². The lowest BCUT2D eigenvalue weighted by atomic mass is 9.98. The number of carbonyl (C=O) groups is 16. The normalized spacial score (nSPS) is 16.3. The van der Waals surface area contributed by atoms with Crippen molar-refractivity contribution in [3.05, 3.63) is 0 Å². The van der Waals surface area contributed by atoms with Crippen molar-refractivity contribution < 1.29 is 107 Å². The number of amides is 12. The average Bonchev–Trinajstić information content (AvgIpc) is 3.70. The van der Waals surface area contributed by atoms with Gasteiger partial charge in [0.15, 0.2) is 0 Å². The zero-order chi connectivity index (χ0) is 68.2. The second-order valence-electron chi connectivity index (χ2n) is 22.8. The molecule has 1 fully saturated rings. The molecule has 35 nitrogen and oxygen atoms in total. The van der Waals surface area contributed by atoms with Gasteiger partial charge in [0.1, 0.15) is 60.4 Å². The van der Waals surface area contributed by atoms with Gasteiger partial charge in [0, 0.05) is 19.4 Å². The van der Waals surface area contributed by atoms with Crippen LogP contribution in [0.3, 0.4) is 0 Å². The van der Waals surface area contributed by atoms with Gasteiger partial charge in [-0.05, 0) is 69.1 Å². The molecular weight excluding hydrogens is 1180 g/mol. The highest BCUT2D eigenvalue weighted by molar-refractivity contribution is 6.00. The Balaban J connectivity index is 3.16. The summed E-state index contributed by atoms with van der Waals surface area (Å²) in [5, 5.41) is 83.5. The molecule has 1 aliphatic heterocycles. The lowest BCUT2D eigenvalue weighted by Crippen LogP contribution is -2.63. The van der Waals surface area contributed by atoms with E-state index < -0.39 is 231 Å². The third-order valence-corrected chi connectivity index (χ3v) is 13.5. The summed E-state index contributed by atoms with van der Waals surface area (Å²) in [6.07, 6.45) is -4.49. The van der Waals surface area contributed by atoms with Crippen molar-refractivity contribution in [2.75, 3.05) is 32.8 Å². The molecule has 0 aromatic carbocycles. The molecule has 1 rings (SSSR count). The standard InChI is InChI=1S/C54H89N13O22/c1-24(2)17-31(61-46(80)32(19-41(77)78)59-36(70)20-55)47(81)64-43(27(7)8)51(85)66-44(28(9)69)52(86)65-42(26(5)6)50(84)63-34(23-68)48(82)62-33(18-25(3)4)53(87)67-16-10-11-35(67)49(83)57-21-37(71)56-22-38(72)58-29(12-14-39(73)74)45(79)60-30(54(88)89)13-15-40(75)76/h24-35,42-44,68-69H,10-23,55H2,1-9H3,(H,56,71)(H,57,83)(H,58,72)(H,59,70)(H,60,79)(H,61,80)(H,62,82)(H,63,84)(H,64,81)(H,65,86)(H,66,85)(H,73,74)(H,75,76)(H,77,78)(H,88,89)/t28-,29+,30+,31+,32+,33+,34+,35+,42+,43+,44+/m1/s1. The molecule has 12 amide bonds. The summed E-state index contributed by atoms with van der Waals surface area (Å²) in [6.45, 7) is 10.9. The van der Waals surface area contributed by atoms with Gasteiger partial charge in [0.05, 0.1) is 38.8 Å². The summed E-state index contributed by atoms with van der Waals surface area (Å²) in [4.78, 5) is 207. The van der Waals surface area contributed by atoms with E-state index in [1.807, 2.05) is 5.32 Å². The molecule has 1 aliphatic rings. The smallest absolute Gasteiger partial charge is 0.326 e. The molecule has 0 radical (unpaired) electrons. The predicted octanol–water partition coefficient (Wildman–Crippen LogP) is -6.40. The Labute approximate surface area is 513 Å². The Hall–Kier alpha value is -8.60. The number of carboxylic acids is 4. The molecule has 0 aromatic heterocycles. The lowest BCUT2D eigenvalue weighted by Gasteiger charge is -2.31. The Kier molecular flexibility index (Phi) is 34.0. The van der Waals surface area contributed by atoms with Crippen molar-refractivity contribution >= 4 is 94.8 Å². The number of aliphatic carboxylic acids is 4. The van der Waals surface area contributed by atoms with E-state index in [1.165, 1.54) is 27.7 Å². The summed E-state index contributed by atoms with van der Waals surface area (Å²) in [5.74, 6) is -19.4. The number of aliphatic hydroxyl groups excluding tert-OH is 2. The lowest BCUT2D eigenvalue weighted by molar-refractivity contribution is -0.144. The van der Waals surface area contributed by atoms with E-state index >= 15 is 0 Å². The zero-order valence-corrected chi connectivity index (χ0v) is 51.3. The third kappa shape index (κ3) is 28.4. The summed E-state index contributed by atoms with van der Waals surface area (Å²) < 4.78 is 0. The van der Waals surface area contributed by atoms with E-state index in [4.69, 9.17) is 15.9 Å². The molecule has 0 saturated carbocycles. The number of carboxylic acid groups (broad SMARTS) is 4. The van der Waals surface area contributed by atoms with E-state index in [1.54, 1.807) is 27.7 Å². The summed E-state index contributed by atoms with van der Waals surface area (Å²) in [5.41, 5.74) is 5.31. The number of nitrogens with zero attached hydrogens (tertiary/aromatic N) is 1. The number of hydrogen-bond donors (Lipinski definition) is 18. The first-order valence-electron chi connectivity index (χ1n) is 28.9. The molecule has 0 aromatic rings. The van der Waals surface area contributed by atoms with Crippen LogP contribution in [0.4, 0.5) is 0 Å². The maximum Gasteiger partial charge on any atom is 0.326 e. The van der Waals surface area contributed by atoms with Gasteiger partial charge in [-0.1, -0.05) is 55.4 Å². The summed E-state index contributed by atoms with van der Waals surface area (Å²) >= 11 is 0. The van der Waals surface area contributed by atoms with Gasteiger partial charge in [0.2, 0.25) is 70.9 Å². The fourth-order valence-corrected chi connectivity index (χ4v) is 8.86. The highest BCUT2D eigenvalue weighted by Crippen LogP contribution is 2.21. The fourth-order valence-electron chi connectivity index (χ4n) is 8.86. The van der Waals surface area contributed by atoms with Gasteiger partial charge in [-0.15, -0.1) is 0 Å². The second kappa shape index (κ2) is 38.6. The average molecular weight is 1270 g/mol. The SMILES string of the molecule is CC(C)C[C@H](NC(=O)[C@H](CC(=O)O)NC(=O)CN)C(=O)N[C@H](C(=O)N[C@H](C(=O)N[C@H](C(=O)N[C@@H](CO)C(=O)N[C@@H](CC(C)C)C(=O)N1CCC[C@H]1C(=O)NCC(=O)NCC(=O)N[C@@H](CCC(=O)O)C(=O)N[C@@H](CCC(=O)O)C(=O)O)C(C)C)[C@@H](C)O)C(C)C. The van der Waals surface area contributed by atoms with E-state index in [0.717, 1.165) is 11.8 Å². The van der Waals surface area contributed by atoms with Gasteiger partial charge >= 0.3 is 23.9 Å². The first-order valence-corrected chi connectivity index (χ1v) is 28.9. The van der Waals surface area contributed by atoms with Gasteiger partial charge in [-0.2, -0.15) is 0 Å². The summed E-state index contributed by atoms with van der Waals surface area (Å²) in [7, 11) is 0. The quantitative estimate of drug-likeness (QED) is 0.0271. The number of likely N-dealkylation sites (tertiary alicyclic amines) is 1. The minimum absolute atomic E-state index is 0.0171. The molecule has 89 heavy (non-hydrogen) atoms. The van der Waals surface area contributed by atoms with Crippen molar-refractivity contribution in [1.82, 2.24) is 63.4 Å². The van der Waals surface area contributed by atoms with E-state index in [0.29, 0.717) is 6.42 Å². The Morgan fingerprint density at radius 2 is 0.899 bits per heavy atom. The predicted molar refractivity (Wildman–Crippen MR) is 308 cm³/mol. The van der Waals surface area contributed by atoms with Crippen molar-refractivity contribution in [2.24, 2.45) is 29.4 Å². The Bertz CT molecular complexity index is 2550. The van der Waals surface area contributed by atoms with E-state index in [9.17, 15) is 97.1 Å². The molecule has 502 valence electrons. The molecule has 0 spiro atoms. The molecule has 0 bridgehead atoms. The maximum atomic E-state index is 14.2. The molecule has 1 saturated heterocycles. The third-order valence-electron chi connectivity index (χ3n) is 13.5. The first-order chi connectivity index (χ1) is 41.4. The highest BCUT2D eigenvalue weighted by atomic mass is 16.4. The van der Waals surface area contributed by atoms with Crippen LogP contribution >= 0.6 is 0 Å². The van der Waals surface area contributed by atoms with E-state index in [-0.39, 0.29) is 37.6 Å². The molecular formula is C54H89N13O22.